The molecule has 2 aliphatic rings. The number of aryl methyl sites for hydroxylation is 1. The number of allylic oxidation sites excluding steroid dienone is 1. The molecular formula is C46H35N3O3. The minimum atomic E-state index is -0.213. The second-order valence-electron chi connectivity index (χ2n) is 14.1. The van der Waals surface area contributed by atoms with Crippen molar-refractivity contribution in [3.8, 4) is 11.1 Å². The average molecular weight is 678 g/mol. The first-order valence-electron chi connectivity index (χ1n) is 18.1. The Balaban J connectivity index is 1.06. The van der Waals surface area contributed by atoms with E-state index in [4.69, 9.17) is 13.3 Å². The predicted octanol–water partition coefficient (Wildman–Crippen LogP) is 11.4. The maximum atomic E-state index is 7.01. The monoisotopic (exact) mass is 677 g/mol. The summed E-state index contributed by atoms with van der Waals surface area (Å²) >= 11 is 0. The van der Waals surface area contributed by atoms with Gasteiger partial charge in [0.1, 0.15) is 33.7 Å². The van der Waals surface area contributed by atoms with Crippen molar-refractivity contribution in [2.24, 2.45) is 0 Å². The molecule has 6 heteroatoms. The van der Waals surface area contributed by atoms with Gasteiger partial charge >= 0.3 is 0 Å². The lowest BCUT2D eigenvalue weighted by atomic mass is 9.97. The number of benzene rings is 6. The van der Waals surface area contributed by atoms with E-state index in [0.29, 0.717) is 0 Å². The van der Waals surface area contributed by atoms with Crippen molar-refractivity contribution in [3.63, 3.8) is 0 Å². The molecule has 3 unspecified atom stereocenters. The summed E-state index contributed by atoms with van der Waals surface area (Å²) in [6.07, 6.45) is 5.98. The van der Waals surface area contributed by atoms with Crippen molar-refractivity contribution >= 4 is 60.9 Å². The van der Waals surface area contributed by atoms with E-state index in [2.05, 4.69) is 150 Å². The molecule has 3 aromatic heterocycles. The smallest absolute Gasteiger partial charge is 0.143 e. The molecule has 6 aromatic carbocycles. The van der Waals surface area contributed by atoms with Crippen LogP contribution in [0.2, 0.25) is 0 Å². The Morgan fingerprint density at radius 3 is 2.04 bits per heavy atom. The van der Waals surface area contributed by atoms with Crippen LogP contribution in [0.3, 0.4) is 0 Å². The Morgan fingerprint density at radius 1 is 0.558 bits per heavy atom. The predicted molar refractivity (Wildman–Crippen MR) is 209 cm³/mol. The Morgan fingerprint density at radius 2 is 1.21 bits per heavy atom. The molecule has 0 bridgehead atoms. The van der Waals surface area contributed by atoms with Crippen LogP contribution >= 0.6 is 0 Å². The van der Waals surface area contributed by atoms with Gasteiger partial charge in [0.2, 0.25) is 0 Å². The molecule has 0 saturated carbocycles. The van der Waals surface area contributed by atoms with Gasteiger partial charge in [-0.05, 0) is 55.3 Å². The summed E-state index contributed by atoms with van der Waals surface area (Å²) in [5.41, 5.74) is 11.2. The average Bonchev–Trinajstić information content (AvgIpc) is 3.89. The first-order valence-corrected chi connectivity index (χ1v) is 18.1. The van der Waals surface area contributed by atoms with Crippen LogP contribution in [0.1, 0.15) is 52.9 Å². The number of furan rings is 3. The van der Waals surface area contributed by atoms with E-state index in [1.165, 1.54) is 22.1 Å². The van der Waals surface area contributed by atoms with Crippen molar-refractivity contribution in [1.82, 2.24) is 15.5 Å². The van der Waals surface area contributed by atoms with E-state index in [1.54, 1.807) is 0 Å². The Bertz CT molecular complexity index is 2860. The number of para-hydroxylation sites is 4. The van der Waals surface area contributed by atoms with E-state index in [1.807, 2.05) is 12.1 Å². The molecule has 4 heterocycles. The molecule has 9 aromatic rings. The first kappa shape index (κ1) is 29.8. The zero-order valence-corrected chi connectivity index (χ0v) is 28.6. The molecular weight excluding hydrogens is 643 g/mol. The minimum Gasteiger partial charge on any atom is -0.456 e. The normalized spacial score (nSPS) is 19.4. The number of rotatable bonds is 4. The summed E-state index contributed by atoms with van der Waals surface area (Å²) in [4.78, 5) is 2.38. The topological polar surface area (TPSA) is 66.7 Å². The summed E-state index contributed by atoms with van der Waals surface area (Å²) in [7, 11) is 2.18. The van der Waals surface area contributed by atoms with Gasteiger partial charge in [-0.3, -0.25) is 15.5 Å². The largest absolute Gasteiger partial charge is 0.456 e. The van der Waals surface area contributed by atoms with Crippen molar-refractivity contribution in [2.75, 3.05) is 7.05 Å². The molecule has 3 atom stereocenters. The quantitative estimate of drug-likeness (QED) is 0.193. The van der Waals surface area contributed by atoms with Gasteiger partial charge in [0.25, 0.3) is 0 Å². The van der Waals surface area contributed by atoms with E-state index < -0.39 is 0 Å². The van der Waals surface area contributed by atoms with Gasteiger partial charge in [0.15, 0.2) is 0 Å². The molecule has 11 rings (SSSR count). The molecule has 1 aliphatic heterocycles. The third-order valence-corrected chi connectivity index (χ3v) is 11.1. The van der Waals surface area contributed by atoms with Gasteiger partial charge in [-0.25, -0.2) is 0 Å². The van der Waals surface area contributed by atoms with Gasteiger partial charge in [-0.1, -0.05) is 115 Å². The van der Waals surface area contributed by atoms with Crippen molar-refractivity contribution in [3.05, 3.63) is 161 Å². The molecule has 52 heavy (non-hydrogen) atoms. The molecule has 0 radical (unpaired) electrons. The fraction of sp³-hybridized carbons (Fsp3) is 0.130. The van der Waals surface area contributed by atoms with Crippen LogP contribution in [0, 0.1) is 0 Å². The first-order chi connectivity index (χ1) is 25.7. The minimum absolute atomic E-state index is 0.0600. The Kier molecular flexibility index (Phi) is 6.61. The summed E-state index contributed by atoms with van der Waals surface area (Å²) in [5.74, 6) is 0.984. The van der Waals surface area contributed by atoms with E-state index in [-0.39, 0.29) is 18.5 Å². The lowest BCUT2D eigenvalue weighted by molar-refractivity contribution is 0.0418. The van der Waals surface area contributed by atoms with E-state index >= 15 is 0 Å². The molecule has 2 N–H and O–H groups in total. The number of nitrogens with zero attached hydrogens (tertiary/aromatic N) is 1. The summed E-state index contributed by atoms with van der Waals surface area (Å²) in [6.45, 7) is 0. The molecule has 252 valence electrons. The lowest BCUT2D eigenvalue weighted by Gasteiger charge is -2.45. The highest BCUT2D eigenvalue weighted by Crippen LogP contribution is 2.44. The molecule has 0 spiro atoms. The van der Waals surface area contributed by atoms with Crippen molar-refractivity contribution < 1.29 is 13.3 Å². The van der Waals surface area contributed by atoms with Gasteiger partial charge in [-0.2, -0.15) is 0 Å². The highest BCUT2D eigenvalue weighted by atomic mass is 16.3. The SMILES string of the molecule is CN1C(c2ccccc2)NC(c2cccc3c2oc2c(-c4cccc5c4oc4ccccc45)cccc23)NC1c1ccc2oc3c(c2c1)CCC=C3. The number of nitrogens with one attached hydrogen (secondary N) is 2. The molecule has 1 saturated heterocycles. The Labute approximate surface area is 299 Å². The lowest BCUT2D eigenvalue weighted by Crippen LogP contribution is -2.54. The van der Waals surface area contributed by atoms with Crippen molar-refractivity contribution in [2.45, 2.75) is 31.3 Å². The summed E-state index contributed by atoms with van der Waals surface area (Å²) in [5, 5.41) is 13.5. The molecule has 1 aliphatic carbocycles. The second kappa shape index (κ2) is 11.6. The highest BCUT2D eigenvalue weighted by Gasteiger charge is 2.36. The number of hydrogen-bond acceptors (Lipinski definition) is 6. The second-order valence-corrected chi connectivity index (χ2v) is 14.1. The third-order valence-electron chi connectivity index (χ3n) is 11.1. The molecule has 6 nitrogen and oxygen atoms in total. The zero-order valence-electron chi connectivity index (χ0n) is 28.6. The van der Waals surface area contributed by atoms with E-state index in [9.17, 15) is 0 Å². The third kappa shape index (κ3) is 4.48. The maximum Gasteiger partial charge on any atom is 0.143 e. The van der Waals surface area contributed by atoms with Crippen LogP contribution in [0.25, 0.3) is 72.0 Å². The van der Waals surface area contributed by atoms with Crippen LogP contribution in [-0.2, 0) is 6.42 Å². The van der Waals surface area contributed by atoms with E-state index in [0.717, 1.165) is 84.8 Å². The number of fused-ring (bicyclic) bond motifs is 9. The molecule has 1 fully saturated rings. The van der Waals surface area contributed by atoms with Gasteiger partial charge in [0.05, 0.1) is 18.5 Å². The van der Waals surface area contributed by atoms with Crippen LogP contribution < -0.4 is 10.6 Å². The van der Waals surface area contributed by atoms with Crippen LogP contribution in [0.4, 0.5) is 0 Å². The van der Waals surface area contributed by atoms with Gasteiger partial charge in [0, 0.05) is 49.2 Å². The van der Waals surface area contributed by atoms with Crippen LogP contribution in [0.15, 0.2) is 147 Å². The van der Waals surface area contributed by atoms with Gasteiger partial charge in [-0.15, -0.1) is 0 Å². The van der Waals surface area contributed by atoms with Gasteiger partial charge < -0.3 is 13.3 Å². The zero-order chi connectivity index (χ0) is 34.3. The fourth-order valence-electron chi connectivity index (χ4n) is 8.63. The standard InChI is InChI=1S/C46H35N3O3/c1-49-45(27-12-3-2-4-13-27)47-44(48-46(49)28-24-25-40-37(26-28)30-15-6-7-22-38(30)50-40)36-21-11-20-35-34-19-10-18-33(42(34)52-43(35)36)32-17-9-16-31-29-14-5-8-23-39(29)51-41(31)32/h2-5,7-14,16-26,44-48H,6,15H2,1H3. The number of hydrogen-bond donors (Lipinski definition) is 2. The Hall–Kier alpha value is -5.92. The summed E-state index contributed by atoms with van der Waals surface area (Å²) < 4.78 is 19.7. The highest BCUT2D eigenvalue weighted by molar-refractivity contribution is 6.15. The van der Waals surface area contributed by atoms with Crippen LogP contribution in [-0.4, -0.2) is 11.9 Å². The summed E-state index contributed by atoms with van der Waals surface area (Å²) in [6, 6.07) is 44.9. The maximum absolute atomic E-state index is 7.01. The van der Waals surface area contributed by atoms with Crippen LogP contribution in [0.5, 0.6) is 0 Å². The fourth-order valence-corrected chi connectivity index (χ4v) is 8.63. The molecule has 0 amide bonds. The van der Waals surface area contributed by atoms with Crippen molar-refractivity contribution in [1.29, 1.82) is 0 Å².